The second-order valence-corrected chi connectivity index (χ2v) is 12.1. The van der Waals surface area contributed by atoms with Crippen molar-refractivity contribution in [2.24, 2.45) is 11.1 Å². The molecule has 0 saturated carbocycles. The first-order valence-electron chi connectivity index (χ1n) is 13.9. The predicted molar refractivity (Wildman–Crippen MR) is 157 cm³/mol. The number of nitrogens with one attached hydrogen (secondary N) is 1. The molecule has 0 spiro atoms. The van der Waals surface area contributed by atoms with E-state index in [2.05, 4.69) is 33.8 Å². The van der Waals surface area contributed by atoms with E-state index in [9.17, 15) is 4.79 Å². The molecule has 2 aromatic carbocycles. The number of piperazine rings is 1. The minimum atomic E-state index is -0.385. The zero-order valence-corrected chi connectivity index (χ0v) is 23.3. The summed E-state index contributed by atoms with van der Waals surface area (Å²) in [5.41, 5.74) is 12.6. The lowest BCUT2D eigenvalue weighted by molar-refractivity contribution is 0.100. The predicted octanol–water partition coefficient (Wildman–Crippen LogP) is 5.32. The van der Waals surface area contributed by atoms with Gasteiger partial charge >= 0.3 is 0 Å². The Morgan fingerprint density at radius 2 is 1.68 bits per heavy atom. The Kier molecular flexibility index (Phi) is 8.22. The summed E-state index contributed by atoms with van der Waals surface area (Å²) in [6.07, 6.45) is 5.44. The second kappa shape index (κ2) is 11.6. The molecule has 0 bridgehead atoms. The van der Waals surface area contributed by atoms with Gasteiger partial charge in [-0.05, 0) is 91.6 Å². The first-order valence-corrected chi connectivity index (χ1v) is 14.3. The first kappa shape index (κ1) is 26.9. The van der Waals surface area contributed by atoms with Crippen LogP contribution in [-0.2, 0) is 0 Å². The third-order valence-corrected chi connectivity index (χ3v) is 8.77. The van der Waals surface area contributed by atoms with Crippen LogP contribution < -0.4 is 10.6 Å². The molecule has 3 N–H and O–H groups in total. The number of anilines is 1. The molecule has 0 aromatic heterocycles. The summed E-state index contributed by atoms with van der Waals surface area (Å²) < 4.78 is 0. The number of rotatable bonds is 7. The van der Waals surface area contributed by atoms with Gasteiger partial charge in [0.2, 0.25) is 5.91 Å². The van der Waals surface area contributed by atoms with Gasteiger partial charge in [0.05, 0.1) is 0 Å². The monoisotopic (exact) mass is 533 g/mol. The van der Waals surface area contributed by atoms with Crippen LogP contribution in [0.2, 0.25) is 5.02 Å². The Morgan fingerprint density at radius 3 is 2.34 bits per heavy atom. The van der Waals surface area contributed by atoms with E-state index in [1.165, 1.54) is 17.6 Å². The minimum Gasteiger partial charge on any atom is -0.369 e. The molecule has 7 heteroatoms. The van der Waals surface area contributed by atoms with Gasteiger partial charge in [0.25, 0.3) is 0 Å². The highest BCUT2D eigenvalue weighted by molar-refractivity contribution is 6.30. The van der Waals surface area contributed by atoms with Crippen molar-refractivity contribution in [3.05, 3.63) is 70.3 Å². The summed E-state index contributed by atoms with van der Waals surface area (Å²) in [5.74, 6) is -0.385. The van der Waals surface area contributed by atoms with E-state index in [1.807, 2.05) is 36.4 Å². The summed E-state index contributed by atoms with van der Waals surface area (Å²) in [6, 6.07) is 16.0. The molecule has 6 nitrogen and oxygen atoms in total. The van der Waals surface area contributed by atoms with Crippen molar-refractivity contribution in [3.63, 3.8) is 0 Å². The molecule has 38 heavy (non-hydrogen) atoms. The Labute approximate surface area is 231 Å². The number of halogens is 1. The zero-order valence-electron chi connectivity index (χ0n) is 22.5. The van der Waals surface area contributed by atoms with Crippen LogP contribution in [0.4, 0.5) is 5.69 Å². The average Bonchev–Trinajstić information content (AvgIpc) is 2.90. The lowest BCUT2D eigenvalue weighted by Crippen LogP contribution is -2.48. The highest BCUT2D eigenvalue weighted by Gasteiger charge is 2.35. The van der Waals surface area contributed by atoms with E-state index in [4.69, 9.17) is 22.7 Å². The fourth-order valence-electron chi connectivity index (χ4n) is 6.49. The number of carbonyl (C=O) groups excluding carboxylic acids is 1. The fraction of sp³-hybridized carbons (Fsp3) is 0.484. The van der Waals surface area contributed by atoms with Crippen molar-refractivity contribution in [2.45, 2.75) is 39.0 Å². The van der Waals surface area contributed by atoms with Gasteiger partial charge in [-0.15, -0.1) is 0 Å². The lowest BCUT2D eigenvalue weighted by Gasteiger charge is -2.43. The number of primary amides is 1. The van der Waals surface area contributed by atoms with Crippen LogP contribution in [0.1, 0.15) is 54.9 Å². The molecular formula is C31H40ClN5O. The largest absolute Gasteiger partial charge is 0.369 e. The van der Waals surface area contributed by atoms with Gasteiger partial charge < -0.3 is 16.0 Å². The number of likely N-dealkylation sites (tertiary alicyclic amines) is 1. The average molecular weight is 534 g/mol. The second-order valence-electron chi connectivity index (χ2n) is 11.7. The van der Waals surface area contributed by atoms with E-state index in [1.54, 1.807) is 5.57 Å². The number of benzene rings is 2. The molecule has 2 heterocycles. The van der Waals surface area contributed by atoms with E-state index in [0.29, 0.717) is 5.56 Å². The van der Waals surface area contributed by atoms with E-state index < -0.39 is 0 Å². The van der Waals surface area contributed by atoms with Gasteiger partial charge in [0.15, 0.2) is 0 Å². The molecule has 202 valence electrons. The highest BCUT2D eigenvalue weighted by atomic mass is 35.5. The minimum absolute atomic E-state index is 0.229. The molecule has 1 amide bonds. The molecule has 2 aliphatic heterocycles. The summed E-state index contributed by atoms with van der Waals surface area (Å²) >= 11 is 6.22. The van der Waals surface area contributed by atoms with E-state index in [0.717, 1.165) is 94.5 Å². The van der Waals surface area contributed by atoms with Gasteiger partial charge in [0.1, 0.15) is 0 Å². The molecule has 1 aliphatic carbocycles. The number of amides is 1. The summed E-state index contributed by atoms with van der Waals surface area (Å²) in [5, 5.41) is 8.97. The third-order valence-electron chi connectivity index (χ3n) is 8.51. The van der Waals surface area contributed by atoms with E-state index in [-0.39, 0.29) is 11.3 Å². The van der Waals surface area contributed by atoms with Crippen molar-refractivity contribution in [1.82, 2.24) is 9.80 Å². The molecule has 2 fully saturated rings. The van der Waals surface area contributed by atoms with Crippen LogP contribution in [0.25, 0.3) is 5.57 Å². The number of nitrogens with two attached hydrogens (primary N) is 1. The molecule has 0 radical (unpaired) electrons. The number of nitrogens with zero attached hydrogens (tertiary/aromatic N) is 3. The van der Waals surface area contributed by atoms with Gasteiger partial charge in [-0.25, -0.2) is 0 Å². The topological polar surface area (TPSA) is 76.7 Å². The van der Waals surface area contributed by atoms with Crippen molar-refractivity contribution < 1.29 is 4.79 Å². The van der Waals surface area contributed by atoms with Crippen molar-refractivity contribution in [1.29, 1.82) is 5.41 Å². The molecule has 5 rings (SSSR count). The van der Waals surface area contributed by atoms with Gasteiger partial charge in [-0.2, -0.15) is 0 Å². The Bertz CT molecular complexity index is 1180. The number of allylic oxidation sites excluding steroid dienone is 1. The Hall–Kier alpha value is -2.67. The van der Waals surface area contributed by atoms with Gasteiger partial charge in [0, 0.05) is 67.8 Å². The highest BCUT2D eigenvalue weighted by Crippen LogP contribution is 2.44. The van der Waals surface area contributed by atoms with Crippen LogP contribution in [0, 0.1) is 10.8 Å². The lowest BCUT2D eigenvalue weighted by atomic mass is 9.71. The fourth-order valence-corrected chi connectivity index (χ4v) is 6.62. The van der Waals surface area contributed by atoms with Crippen molar-refractivity contribution in [2.75, 3.05) is 57.3 Å². The number of carbonyl (C=O) groups is 1. The quantitative estimate of drug-likeness (QED) is 0.505. The number of hydrogen-bond acceptors (Lipinski definition) is 5. The summed E-state index contributed by atoms with van der Waals surface area (Å²) in [4.78, 5) is 18.9. The first-order chi connectivity index (χ1) is 18.3. The number of piperidine rings is 1. The van der Waals surface area contributed by atoms with Gasteiger partial charge in [-0.3, -0.25) is 14.6 Å². The molecule has 3 aliphatic rings. The normalized spacial score (nSPS) is 23.6. The molecule has 2 aromatic rings. The summed E-state index contributed by atoms with van der Waals surface area (Å²) in [6.45, 7) is 10.4. The van der Waals surface area contributed by atoms with E-state index >= 15 is 0 Å². The third kappa shape index (κ3) is 6.48. The Balaban J connectivity index is 1.29. The number of hydrogen-bond donors (Lipinski definition) is 2. The molecule has 1 atom stereocenters. The smallest absolute Gasteiger partial charge is 0.248 e. The molecule has 2 saturated heterocycles. The van der Waals surface area contributed by atoms with Crippen LogP contribution in [-0.4, -0.2) is 73.8 Å². The standard InChI is InChI=1S/C31H40ClN5O/c1-31(22-36-14-2-3-27(33)21-36)13-12-29(23-4-8-26(32)9-5-23)25(19-31)20-35-15-17-37(18-16-35)28-10-6-24(7-11-28)30(34)38/h4-11,33H,2-3,12-22H2,1H3,(H2,34,38). The van der Waals surface area contributed by atoms with Gasteiger partial charge in [-0.1, -0.05) is 36.2 Å². The van der Waals surface area contributed by atoms with Crippen molar-refractivity contribution in [3.8, 4) is 0 Å². The maximum atomic E-state index is 11.4. The van der Waals surface area contributed by atoms with Crippen LogP contribution in [0.5, 0.6) is 0 Å². The SMILES string of the molecule is CC1(CN2CCCC(=N)C2)CCC(c2ccc(Cl)cc2)=C(CN2CCN(c3ccc(C(N)=O)cc3)CC2)C1. The Morgan fingerprint density at radius 1 is 0.974 bits per heavy atom. The van der Waals surface area contributed by atoms with Crippen molar-refractivity contribution >= 4 is 34.5 Å². The van der Waals surface area contributed by atoms with Crippen LogP contribution in [0.3, 0.4) is 0 Å². The maximum absolute atomic E-state index is 11.4. The van der Waals surface area contributed by atoms with Crippen LogP contribution >= 0.6 is 11.6 Å². The molecular weight excluding hydrogens is 494 g/mol. The van der Waals surface area contributed by atoms with Crippen LogP contribution in [0.15, 0.2) is 54.1 Å². The summed E-state index contributed by atoms with van der Waals surface area (Å²) in [7, 11) is 0. The zero-order chi connectivity index (χ0) is 26.7. The maximum Gasteiger partial charge on any atom is 0.248 e. The molecule has 1 unspecified atom stereocenters.